The normalized spacial score (nSPS) is 12.8. The molecule has 7 aromatic rings. The van der Waals surface area contributed by atoms with Crippen LogP contribution in [-0.2, 0) is 50.0 Å². The predicted octanol–water partition coefficient (Wildman–Crippen LogP) is 5.85. The first-order valence-corrected chi connectivity index (χ1v) is 25.4. The van der Waals surface area contributed by atoms with Gasteiger partial charge in [0.05, 0.1) is 22.8 Å². The highest BCUT2D eigenvalue weighted by Gasteiger charge is 2.22. The van der Waals surface area contributed by atoms with E-state index in [1.807, 2.05) is 115 Å². The average molecular weight is 945 g/mol. The maximum atomic E-state index is 11.6. The van der Waals surface area contributed by atoms with E-state index < -0.39 is 47.6 Å². The molecule has 6 aromatic heterocycles. The molecule has 0 atom stereocenters. The Balaban J connectivity index is 1.33. The van der Waals surface area contributed by atoms with Gasteiger partial charge in [0.15, 0.2) is 56.8 Å². The van der Waals surface area contributed by atoms with Crippen LogP contribution in [-0.4, -0.2) is 76.1 Å². The van der Waals surface area contributed by atoms with Crippen LogP contribution in [0.15, 0.2) is 128 Å². The van der Waals surface area contributed by atoms with Crippen molar-refractivity contribution in [2.45, 2.75) is 19.6 Å². The van der Waals surface area contributed by atoms with Crippen LogP contribution in [0, 0.1) is 0 Å². The molecular weight excluding hydrogens is 903 g/mol. The maximum Gasteiger partial charge on any atom is 0.271 e. The number of rotatable bonds is 13. The Morgan fingerprint density at radius 2 is 0.667 bits per heavy atom. The first kappa shape index (κ1) is 44.2. The second-order valence-electron chi connectivity index (χ2n) is 15.7. The molecule has 1 aromatic carbocycles. The lowest BCUT2D eigenvalue weighted by Gasteiger charge is -2.07. The highest BCUT2D eigenvalue weighted by atomic mass is 32.2. The van der Waals surface area contributed by atoms with Crippen LogP contribution in [0.1, 0.15) is 22.8 Å². The van der Waals surface area contributed by atoms with Gasteiger partial charge in [-0.2, -0.15) is 25.3 Å². The number of hydrogen-bond donors (Lipinski definition) is 5. The van der Waals surface area contributed by atoms with Gasteiger partial charge in [0.1, 0.15) is 17.3 Å². The molecule has 0 unspecified atom stereocenters. The smallest absolute Gasteiger partial charge is 0.271 e. The molecule has 0 saturated heterocycles. The molecule has 9 rings (SSSR count). The average Bonchev–Trinajstić information content (AvgIpc) is 4.13. The second kappa shape index (κ2) is 17.8. The first-order valence-electron chi connectivity index (χ1n) is 20.6. The van der Waals surface area contributed by atoms with Crippen molar-refractivity contribution in [3.63, 3.8) is 0 Å². The van der Waals surface area contributed by atoms with Crippen LogP contribution < -0.4 is 13.7 Å². The third-order valence-corrected chi connectivity index (χ3v) is 13.3. The van der Waals surface area contributed by atoms with Crippen LogP contribution in [0.3, 0.4) is 0 Å². The summed E-state index contributed by atoms with van der Waals surface area (Å²) in [6, 6.07) is 29.0. The minimum Gasteiger partial charge on any atom is -0.354 e. The van der Waals surface area contributed by atoms with Crippen LogP contribution >= 0.6 is 0 Å². The number of aryl methyl sites for hydroxylation is 3. The number of aromatic nitrogens is 7. The fraction of sp³-hybridized carbons (Fsp3) is 0.128. The van der Waals surface area contributed by atoms with E-state index in [0.717, 1.165) is 61.0 Å². The molecule has 0 fully saturated rings. The molecule has 0 aliphatic carbocycles. The number of nitrogens with one attached hydrogen (secondary N) is 2. The number of benzene rings is 1. The van der Waals surface area contributed by atoms with Gasteiger partial charge in [-0.15, -0.1) is 0 Å². The summed E-state index contributed by atoms with van der Waals surface area (Å²) in [4.78, 5) is 17.9. The van der Waals surface area contributed by atoms with Gasteiger partial charge in [-0.25, -0.2) is 23.7 Å². The highest BCUT2D eigenvalue weighted by molar-refractivity contribution is 7.86. The minimum absolute atomic E-state index is 0.0299. The molecule has 16 nitrogen and oxygen atoms in total. The molecule has 19 heteroatoms. The van der Waals surface area contributed by atoms with Crippen molar-refractivity contribution >= 4 is 76.7 Å². The van der Waals surface area contributed by atoms with E-state index in [1.54, 1.807) is 50.9 Å². The highest BCUT2D eigenvalue weighted by Crippen LogP contribution is 2.38. The van der Waals surface area contributed by atoms with E-state index in [2.05, 4.69) is 9.97 Å². The number of nitrogens with zero attached hydrogens (tertiary/aromatic N) is 5. The third-order valence-electron chi connectivity index (χ3n) is 11.2. The number of fused-ring (bicyclic) bond motifs is 8. The van der Waals surface area contributed by atoms with Crippen LogP contribution in [0.2, 0.25) is 0 Å². The standard InChI is InChI=1S/C47H39N7O9S3/c55-64(56,57)29-26-52-20-14-33(15-21-52)45-38-8-6-36(48-38)44(32-4-2-1-3-5-32)37-7-9-39(49-37)46(34-16-22-53(23-17-34)27-30-65(58,59)60)41-11-13-43(51-41)47(42-12-10-40(45)50-42)35-18-24-54(25-19-35)28-31-66(61,62)63/h1-25H,26-31H2,(H2-2,48,49,50,51,55,56,57,58,59,60,61,62,63)/p+3. The van der Waals surface area contributed by atoms with Crippen molar-refractivity contribution < 1.29 is 52.6 Å². The molecule has 8 heterocycles. The molecule has 0 spiro atoms. The first-order chi connectivity index (χ1) is 31.5. The second-order valence-corrected chi connectivity index (χ2v) is 20.4. The molecule has 5 N–H and O–H groups in total. The lowest BCUT2D eigenvalue weighted by atomic mass is 10.0. The molecule has 2 aliphatic rings. The van der Waals surface area contributed by atoms with Gasteiger partial charge >= 0.3 is 0 Å². The Bertz CT molecular complexity index is 3420. The SMILES string of the molecule is O=S(=O)(O)CC[n+]1ccc(-c2c3nc(c(-c4cc[n+](CCS(=O)(=O)O)cc4)c4ccc([nH]4)c(-c4ccccc4)c4ccc([nH]4)c(-c4cc[n+](CCS(=O)(=O)O)cc4)c4nc2C=C4)C=C3)cc1. The molecule has 2 aliphatic heterocycles. The summed E-state index contributed by atoms with van der Waals surface area (Å²) in [7, 11) is -12.6. The largest absolute Gasteiger partial charge is 0.354 e. The van der Waals surface area contributed by atoms with Gasteiger partial charge in [0.25, 0.3) is 30.4 Å². The van der Waals surface area contributed by atoms with Crippen LogP contribution in [0.4, 0.5) is 0 Å². The molecule has 0 amide bonds. The van der Waals surface area contributed by atoms with Crippen molar-refractivity contribution in [1.29, 1.82) is 0 Å². The molecule has 8 bridgehead atoms. The third kappa shape index (κ3) is 10.1. The zero-order chi connectivity index (χ0) is 46.2. The van der Waals surface area contributed by atoms with Crippen molar-refractivity contribution in [2.24, 2.45) is 0 Å². The Kier molecular flexibility index (Phi) is 11.9. The van der Waals surface area contributed by atoms with Gasteiger partial charge in [-0.3, -0.25) is 13.7 Å². The molecule has 0 saturated carbocycles. The van der Waals surface area contributed by atoms with E-state index in [0.29, 0.717) is 28.3 Å². The predicted molar refractivity (Wildman–Crippen MR) is 250 cm³/mol. The molecule has 0 radical (unpaired) electrons. The molecular formula is C47H42N7O9S3+3. The Morgan fingerprint density at radius 3 is 1.00 bits per heavy atom. The topological polar surface area (TPSA) is 232 Å². The van der Waals surface area contributed by atoms with E-state index >= 15 is 0 Å². The van der Waals surface area contributed by atoms with Crippen LogP contribution in [0.25, 0.3) is 90.9 Å². The number of hydrogen-bond acceptors (Lipinski definition) is 8. The summed E-state index contributed by atoms with van der Waals surface area (Å²) in [5, 5.41) is 0. The lowest BCUT2D eigenvalue weighted by Crippen LogP contribution is -2.36. The van der Waals surface area contributed by atoms with Crippen LogP contribution in [0.5, 0.6) is 0 Å². The zero-order valence-electron chi connectivity index (χ0n) is 34.9. The van der Waals surface area contributed by atoms with E-state index in [-0.39, 0.29) is 19.6 Å². The summed E-state index contributed by atoms with van der Waals surface area (Å²) >= 11 is 0. The number of H-pyrrole nitrogens is 2. The summed E-state index contributed by atoms with van der Waals surface area (Å²) in [6.45, 7) is 0.128. The van der Waals surface area contributed by atoms with Crippen molar-refractivity contribution in [2.75, 3.05) is 17.3 Å². The monoisotopic (exact) mass is 944 g/mol. The Labute approximate surface area is 379 Å². The molecule has 66 heavy (non-hydrogen) atoms. The lowest BCUT2D eigenvalue weighted by molar-refractivity contribution is -0.692. The van der Waals surface area contributed by atoms with E-state index in [1.165, 1.54) is 0 Å². The maximum absolute atomic E-state index is 11.6. The summed E-state index contributed by atoms with van der Waals surface area (Å²) in [5.41, 5.74) is 11.8. The van der Waals surface area contributed by atoms with Gasteiger partial charge in [0.2, 0.25) is 0 Å². The van der Waals surface area contributed by atoms with E-state index in [4.69, 9.17) is 9.97 Å². The van der Waals surface area contributed by atoms with Gasteiger partial charge in [-0.1, -0.05) is 30.3 Å². The quantitative estimate of drug-likeness (QED) is 0.0680. The number of pyridine rings is 3. The Morgan fingerprint density at radius 1 is 0.379 bits per heavy atom. The van der Waals surface area contributed by atoms with Crippen molar-refractivity contribution in [1.82, 2.24) is 19.9 Å². The Hall–Kier alpha value is -7.00. The van der Waals surface area contributed by atoms with Gasteiger partial charge < -0.3 is 9.97 Å². The number of aromatic amines is 2. The summed E-state index contributed by atoms with van der Waals surface area (Å²) < 4.78 is 102. The fourth-order valence-corrected chi connectivity index (χ4v) is 9.33. The van der Waals surface area contributed by atoms with Gasteiger partial charge in [0, 0.05) is 80.7 Å². The molecule has 334 valence electrons. The summed E-state index contributed by atoms with van der Waals surface area (Å²) in [5.74, 6) is -1.35. The van der Waals surface area contributed by atoms with E-state index in [9.17, 15) is 38.9 Å². The minimum atomic E-state index is -4.20. The van der Waals surface area contributed by atoms with Gasteiger partial charge in [-0.05, 0) is 70.8 Å². The zero-order valence-corrected chi connectivity index (χ0v) is 37.4. The summed E-state index contributed by atoms with van der Waals surface area (Å²) in [6.07, 6.45) is 18.1. The van der Waals surface area contributed by atoms with Crippen molar-refractivity contribution in [3.8, 4) is 44.5 Å². The van der Waals surface area contributed by atoms with Crippen molar-refractivity contribution in [3.05, 3.63) is 151 Å². The fourth-order valence-electron chi connectivity index (χ4n) is 8.01.